The maximum Gasteiger partial charge on any atom is 0.140 e. The van der Waals surface area contributed by atoms with Crippen LogP contribution in [0.25, 0.3) is 0 Å². The Hall–Kier alpha value is -0.400. The lowest BCUT2D eigenvalue weighted by atomic mass is 9.95. The van der Waals surface area contributed by atoms with Crippen LogP contribution in [-0.4, -0.2) is 109 Å². The summed E-state index contributed by atoms with van der Waals surface area (Å²) in [6, 6.07) is 0. The zero-order chi connectivity index (χ0) is 24.5. The maximum absolute atomic E-state index is 9.12. The second-order valence-corrected chi connectivity index (χ2v) is 6.55. The molecule has 0 spiro atoms. The van der Waals surface area contributed by atoms with E-state index in [9.17, 15) is 0 Å². The summed E-state index contributed by atoms with van der Waals surface area (Å²) in [4.78, 5) is 0. The van der Waals surface area contributed by atoms with Gasteiger partial charge in [-0.3, -0.25) is 0 Å². The van der Waals surface area contributed by atoms with E-state index in [0.29, 0.717) is 0 Å². The van der Waals surface area contributed by atoms with Crippen molar-refractivity contribution in [1.82, 2.24) is 0 Å². The smallest absolute Gasteiger partial charge is 0.140 e. The van der Waals surface area contributed by atoms with E-state index in [0.717, 1.165) is 0 Å². The molecule has 10 heteroatoms. The van der Waals surface area contributed by atoms with Crippen LogP contribution in [0.15, 0.2) is 0 Å². The largest absolute Gasteiger partial charge is 0.396 e. The summed E-state index contributed by atoms with van der Waals surface area (Å²) < 4.78 is 0. The molecule has 0 saturated heterocycles. The van der Waals surface area contributed by atoms with Gasteiger partial charge in [-0.15, -0.1) is 0 Å². The average Bonchev–Trinajstić information content (AvgIpc) is 2.73. The van der Waals surface area contributed by atoms with Crippen LogP contribution in [0.2, 0.25) is 0 Å². The third-order valence-corrected chi connectivity index (χ3v) is 2.89. The van der Waals surface area contributed by atoms with Crippen molar-refractivity contribution in [2.45, 2.75) is 85.2 Å². The van der Waals surface area contributed by atoms with Gasteiger partial charge in [-0.2, -0.15) is 0 Å². The molecular weight excluding hydrogens is 388 g/mol. The van der Waals surface area contributed by atoms with Crippen LogP contribution in [0.4, 0.5) is 0 Å². The summed E-state index contributed by atoms with van der Waals surface area (Å²) >= 11 is 0. The predicted molar refractivity (Wildman–Crippen MR) is 112 cm³/mol. The molecule has 0 aliphatic heterocycles. The highest BCUT2D eigenvalue weighted by Gasteiger charge is 2.28. The van der Waals surface area contributed by atoms with Gasteiger partial charge in [0.15, 0.2) is 0 Å². The Morgan fingerprint density at radius 3 is 0.966 bits per heavy atom. The van der Waals surface area contributed by atoms with E-state index < -0.39 is 43.2 Å². The van der Waals surface area contributed by atoms with Crippen molar-refractivity contribution in [2.75, 3.05) is 33.2 Å². The molecule has 0 rings (SSSR count). The van der Waals surface area contributed by atoms with Crippen molar-refractivity contribution in [1.29, 1.82) is 0 Å². The van der Waals surface area contributed by atoms with Gasteiger partial charge < -0.3 is 51.1 Å². The Kier molecular flexibility index (Phi) is 40.2. The van der Waals surface area contributed by atoms with Crippen LogP contribution in [0.3, 0.4) is 0 Å². The molecule has 4 unspecified atom stereocenters. The first kappa shape index (κ1) is 39.1. The van der Waals surface area contributed by atoms with Crippen molar-refractivity contribution in [3.05, 3.63) is 0 Å². The van der Waals surface area contributed by atoms with E-state index in [-0.39, 0.29) is 26.2 Å². The lowest BCUT2D eigenvalue weighted by Gasteiger charge is -2.24. The second kappa shape index (κ2) is 29.8. The molecule has 0 radical (unpaired) electrons. The Morgan fingerprint density at radius 2 is 0.828 bits per heavy atom. The van der Waals surface area contributed by atoms with Crippen LogP contribution < -0.4 is 0 Å². The van der Waals surface area contributed by atoms with E-state index in [2.05, 4.69) is 27.7 Å². The van der Waals surface area contributed by atoms with Gasteiger partial charge in [0.05, 0.1) is 32.5 Å². The predicted octanol–water partition coefficient (Wildman–Crippen LogP) is -1.44. The summed E-state index contributed by atoms with van der Waals surface area (Å²) in [5.41, 5.74) is -0.708. The van der Waals surface area contributed by atoms with Crippen LogP contribution in [0, 0.1) is 5.41 Å². The summed E-state index contributed by atoms with van der Waals surface area (Å²) in [7, 11) is 0. The third-order valence-electron chi connectivity index (χ3n) is 2.89. The highest BCUT2D eigenvalue weighted by molar-refractivity contribution is 4.79. The van der Waals surface area contributed by atoms with Crippen LogP contribution in [0.1, 0.15) is 60.8 Å². The number of rotatable bonds is 8. The van der Waals surface area contributed by atoms with Gasteiger partial charge in [0.2, 0.25) is 0 Å². The summed E-state index contributed by atoms with van der Waals surface area (Å²) in [5, 5.41) is 84.1. The first-order valence-electron chi connectivity index (χ1n) is 9.84. The summed E-state index contributed by atoms with van der Waals surface area (Å²) in [6.07, 6.45) is -2.65. The van der Waals surface area contributed by atoms with E-state index in [4.69, 9.17) is 51.1 Å². The second-order valence-electron chi connectivity index (χ2n) is 6.55. The molecule has 10 N–H and O–H groups in total. The zero-order valence-electron chi connectivity index (χ0n) is 18.9. The van der Waals surface area contributed by atoms with Gasteiger partial charge in [-0.1, -0.05) is 54.4 Å². The Labute approximate surface area is 175 Å². The van der Waals surface area contributed by atoms with E-state index >= 15 is 0 Å². The van der Waals surface area contributed by atoms with Crippen LogP contribution in [-0.2, 0) is 0 Å². The van der Waals surface area contributed by atoms with Crippen LogP contribution in [0.5, 0.6) is 0 Å². The molecule has 0 aliphatic rings. The van der Waals surface area contributed by atoms with E-state index in [1.165, 1.54) is 12.8 Å². The zero-order valence-corrected chi connectivity index (χ0v) is 18.9. The lowest BCUT2D eigenvalue weighted by Crippen LogP contribution is -2.45. The molecule has 0 bridgehead atoms. The molecule has 0 aromatic rings. The molecule has 0 saturated carbocycles. The molecule has 0 aromatic carbocycles. The minimum absolute atomic E-state index is 0.181. The lowest BCUT2D eigenvalue weighted by molar-refractivity contribution is -0.115. The molecule has 0 aliphatic carbocycles. The van der Waals surface area contributed by atoms with Crippen molar-refractivity contribution >= 4 is 0 Å². The standard InChI is InChI=1S/C7H16O5.C5H12O3.2C3H8.CH4O2/c1-2-4(9)6(11)7(12)5(10)3-8;1-5(2-6,3-7)4-8;2*1-3-2;2-1-3/h4-12H,2-3H2,1H3;6-8H,2-4H2,1H3;2*3H2,1-2H3;2-3H,1H2. The van der Waals surface area contributed by atoms with Gasteiger partial charge in [-0.25, -0.2) is 0 Å². The SMILES string of the molecule is CC(CO)(CO)CO.CCC.CCC.CCC(O)C(O)C(O)C(O)CO.OCO. The monoisotopic (exact) mass is 436 g/mol. The van der Waals surface area contributed by atoms with Crippen molar-refractivity contribution in [3.8, 4) is 0 Å². The van der Waals surface area contributed by atoms with Crippen LogP contribution >= 0.6 is 0 Å². The molecule has 29 heavy (non-hydrogen) atoms. The molecule has 10 nitrogen and oxygen atoms in total. The molecule has 0 heterocycles. The first-order chi connectivity index (χ1) is 13.5. The Morgan fingerprint density at radius 1 is 0.586 bits per heavy atom. The molecular formula is C19H48O10. The minimum Gasteiger partial charge on any atom is -0.396 e. The number of aliphatic hydroxyl groups is 10. The quantitative estimate of drug-likeness (QED) is 0.201. The third kappa shape index (κ3) is 29.9. The number of aliphatic hydroxyl groups excluding tert-OH is 9. The number of hydrogen-bond donors (Lipinski definition) is 10. The van der Waals surface area contributed by atoms with Gasteiger partial charge in [0.1, 0.15) is 25.1 Å². The Bertz CT molecular complexity index is 238. The summed E-state index contributed by atoms with van der Waals surface area (Å²) in [5.74, 6) is 0. The van der Waals surface area contributed by atoms with Gasteiger partial charge in [-0.05, 0) is 6.42 Å². The molecule has 0 aromatic heterocycles. The molecule has 0 fully saturated rings. The topological polar surface area (TPSA) is 202 Å². The normalized spacial score (nSPS) is 14.1. The highest BCUT2D eigenvalue weighted by atomic mass is 16.5. The van der Waals surface area contributed by atoms with Gasteiger partial charge in [0.25, 0.3) is 0 Å². The average molecular weight is 437 g/mol. The summed E-state index contributed by atoms with van der Waals surface area (Å²) in [6.45, 7) is 9.80. The highest BCUT2D eigenvalue weighted by Crippen LogP contribution is 2.11. The van der Waals surface area contributed by atoms with Crippen molar-refractivity contribution in [2.24, 2.45) is 5.41 Å². The first-order valence-corrected chi connectivity index (χ1v) is 9.84. The fourth-order valence-electron chi connectivity index (χ4n) is 0.955. The molecule has 0 amide bonds. The minimum atomic E-state index is -1.51. The fraction of sp³-hybridized carbons (Fsp3) is 1.00. The van der Waals surface area contributed by atoms with E-state index in [1.54, 1.807) is 13.8 Å². The maximum atomic E-state index is 9.12. The van der Waals surface area contributed by atoms with Crippen molar-refractivity contribution in [3.63, 3.8) is 0 Å². The van der Waals surface area contributed by atoms with Gasteiger partial charge >= 0.3 is 0 Å². The molecule has 184 valence electrons. The molecule has 4 atom stereocenters. The van der Waals surface area contributed by atoms with E-state index in [1.807, 2.05) is 0 Å². The Balaban J connectivity index is -0.0000000969. The van der Waals surface area contributed by atoms with Gasteiger partial charge in [0, 0.05) is 5.41 Å². The van der Waals surface area contributed by atoms with Crippen molar-refractivity contribution < 1.29 is 51.1 Å². The fourth-order valence-corrected chi connectivity index (χ4v) is 0.955. The number of hydrogen-bond acceptors (Lipinski definition) is 10.